The Morgan fingerprint density at radius 2 is 0.944 bits per heavy atom. The van der Waals surface area contributed by atoms with Crippen molar-refractivity contribution in [1.29, 1.82) is 10.5 Å². The highest BCUT2D eigenvalue weighted by Crippen LogP contribution is 2.40. The van der Waals surface area contributed by atoms with E-state index in [9.17, 15) is 27.4 Å². The van der Waals surface area contributed by atoms with Gasteiger partial charge in [0.2, 0.25) is 0 Å². The summed E-state index contributed by atoms with van der Waals surface area (Å²) in [6.07, 6.45) is 1.81. The van der Waals surface area contributed by atoms with Gasteiger partial charge in [0.1, 0.15) is 66.1 Å². The van der Waals surface area contributed by atoms with Crippen molar-refractivity contribution < 1.29 is 34.4 Å². The van der Waals surface area contributed by atoms with E-state index in [1.165, 1.54) is 0 Å². The molecule has 0 fully saturated rings. The van der Waals surface area contributed by atoms with E-state index in [0.717, 1.165) is 36.3 Å². The van der Waals surface area contributed by atoms with Gasteiger partial charge in [-0.15, -0.1) is 0 Å². The third-order valence-electron chi connectivity index (χ3n) is 15.1. The molecule has 0 aliphatic carbocycles. The average Bonchev–Trinajstić information content (AvgIpc) is 3.33. The number of hydrogen-bond acceptors (Lipinski definition) is 10. The van der Waals surface area contributed by atoms with Gasteiger partial charge >= 0.3 is 0 Å². The predicted octanol–water partition coefficient (Wildman–Crippen LogP) is 10.9. The lowest BCUT2D eigenvalue weighted by molar-refractivity contribution is 0.297. The van der Waals surface area contributed by atoms with Crippen LogP contribution in [0.4, 0.5) is 17.6 Å². The number of nitriles is 2. The Morgan fingerprint density at radius 3 is 1.18 bits per heavy atom. The van der Waals surface area contributed by atoms with Gasteiger partial charge in [0.25, 0.3) is 0 Å². The van der Waals surface area contributed by atoms with Gasteiger partial charge in [-0.2, -0.15) is 10.5 Å². The Morgan fingerprint density at radius 1 is 0.653 bits per heavy atom. The first-order valence-electron chi connectivity index (χ1n) is 24.7. The first-order chi connectivity index (χ1) is 33.3. The van der Waals surface area contributed by atoms with Crippen molar-refractivity contribution in [1.82, 2.24) is 19.4 Å². The van der Waals surface area contributed by atoms with Crippen molar-refractivity contribution in [2.75, 3.05) is 37.9 Å². The number of alkyl halides is 2. The lowest BCUT2D eigenvalue weighted by Crippen LogP contribution is -2.58. The highest BCUT2D eigenvalue weighted by atomic mass is 79.9. The van der Waals surface area contributed by atoms with Gasteiger partial charge in [0, 0.05) is 13.1 Å². The fourth-order valence-electron chi connectivity index (χ4n) is 9.45. The van der Waals surface area contributed by atoms with Gasteiger partial charge in [0.15, 0.2) is 0 Å². The fraction of sp³-hybridized carbons (Fsp3) is 0.750. The van der Waals surface area contributed by atoms with Crippen molar-refractivity contribution in [3.63, 3.8) is 0 Å². The van der Waals surface area contributed by atoms with Crippen LogP contribution in [0.2, 0.25) is 36.3 Å². The molecule has 4 rings (SSSR count). The monoisotopic (exact) mass is 1250 g/mol. The zero-order chi connectivity index (χ0) is 55.2. The maximum Gasteiger partial charge on any atom is 0.146 e. The van der Waals surface area contributed by atoms with E-state index < -0.39 is 124 Å². The second kappa shape index (κ2) is 24.9. The van der Waals surface area contributed by atoms with E-state index in [2.05, 4.69) is 72.1 Å². The van der Waals surface area contributed by atoms with Gasteiger partial charge in [-0.25, -0.2) is 62.5 Å². The molecule has 0 spiro atoms. The first-order valence-corrected chi connectivity index (χ1v) is 37.2. The van der Waals surface area contributed by atoms with Crippen molar-refractivity contribution in [2.24, 2.45) is 8.73 Å². The number of halogens is 6. The van der Waals surface area contributed by atoms with Crippen molar-refractivity contribution >= 4 is 99.8 Å². The Balaban J connectivity index is 0.000000380. The molecule has 8 atom stereocenters. The maximum absolute atomic E-state index is 16.5. The molecule has 2 aliphatic rings. The molecule has 0 unspecified atom stereocenters. The van der Waals surface area contributed by atoms with Crippen LogP contribution in [0.3, 0.4) is 0 Å². The molecule has 0 radical (unpaired) electrons. The molecule has 0 amide bonds. The molecule has 2 N–H and O–H groups in total. The van der Waals surface area contributed by atoms with Crippen LogP contribution in [0.1, 0.15) is 134 Å². The molecule has 0 saturated heterocycles. The van der Waals surface area contributed by atoms with Crippen molar-refractivity contribution in [3.8, 4) is 12.1 Å². The van der Waals surface area contributed by atoms with Crippen LogP contribution >= 0.6 is 31.9 Å². The van der Waals surface area contributed by atoms with Gasteiger partial charge in [0.05, 0.1) is 90.7 Å². The molecule has 0 saturated carbocycles. The molecular weight excluding hydrogens is 1170 g/mol. The summed E-state index contributed by atoms with van der Waals surface area (Å²) in [5.74, 6) is -2.32. The summed E-state index contributed by atoms with van der Waals surface area (Å²) in [6.45, 7) is 23.7. The molecule has 2 aromatic heterocycles. The standard InChI is InChI=1S/2C24H39BrF2N4O2S2Si/c2*1-8-36(9-2,10-3)18-14-19(25)30-21(20(18)27)24(15-26,31-34(32)22(4,5)6)17-35(33)23(7,16-28)12-11-13-29-35/h2*14,31H,8-13,15,17H2,1-7H3/t23-,24+,34-,35-;23-,24-,34+,35-/m10/s1. The lowest BCUT2D eigenvalue weighted by Gasteiger charge is -2.39. The second-order valence-corrected chi connectivity index (χ2v) is 43.0. The van der Waals surface area contributed by atoms with Crippen LogP contribution in [0.25, 0.3) is 0 Å². The third kappa shape index (κ3) is 13.1. The number of aromatic nitrogens is 2. The van der Waals surface area contributed by atoms with Gasteiger partial charge in [-0.3, -0.25) is 0 Å². The Kier molecular flexibility index (Phi) is 22.4. The molecule has 2 aliphatic heterocycles. The van der Waals surface area contributed by atoms with Crippen molar-refractivity contribution in [2.45, 2.75) is 189 Å². The third-order valence-corrected chi connectivity index (χ3v) is 36.8. The summed E-state index contributed by atoms with van der Waals surface area (Å²) >= 11 is 6.80. The SMILES string of the molecule is CC[Si](CC)(CC)c1cc(Br)nc([C@](CF)(C[S@@]2(=O)=NCCC[C@@]2(C)C#N)N[S@](=O)C(C)(C)C)c1F.CC[Si](CC)(CC)c1cc(Br)nc([C@](CF)(C[S@]2(=O)=NCCC[C@]2(C)C#N)N[S@](=O)C(C)(C)C)c1F. The number of nitrogens with zero attached hydrogens (tertiary/aromatic N) is 6. The Bertz CT molecular complexity index is 2480. The summed E-state index contributed by atoms with van der Waals surface area (Å²) < 4.78 is 130. The Labute approximate surface area is 452 Å². The van der Waals surface area contributed by atoms with Crippen LogP contribution < -0.4 is 19.8 Å². The number of pyridine rings is 2. The maximum atomic E-state index is 16.5. The zero-order valence-corrected chi connectivity index (χ0v) is 53.1. The first kappa shape index (κ1) is 64.8. The molecule has 2 aromatic rings. The summed E-state index contributed by atoms with van der Waals surface area (Å²) in [7, 11) is -15.0. The van der Waals surface area contributed by atoms with Crippen LogP contribution in [-0.2, 0) is 52.5 Å². The van der Waals surface area contributed by atoms with Crippen molar-refractivity contribution in [3.05, 3.63) is 44.4 Å². The van der Waals surface area contributed by atoms with Gasteiger partial charge in [-0.1, -0.05) is 77.8 Å². The molecular formula is C48H78Br2F4N8O4S4Si2. The van der Waals surface area contributed by atoms with Gasteiger partial charge < -0.3 is 0 Å². The second-order valence-electron chi connectivity index (χ2n) is 21.6. The van der Waals surface area contributed by atoms with E-state index in [1.807, 2.05) is 41.5 Å². The van der Waals surface area contributed by atoms with Crippen LogP contribution in [0, 0.1) is 34.3 Å². The number of rotatable bonds is 20. The van der Waals surface area contributed by atoms with Crippen LogP contribution in [-0.4, -0.2) is 99.9 Å². The molecule has 72 heavy (non-hydrogen) atoms. The largest absolute Gasteiger partial charge is 0.249 e. The summed E-state index contributed by atoms with van der Waals surface area (Å²) in [4.78, 5) is 8.75. The molecule has 24 heteroatoms. The van der Waals surface area contributed by atoms with E-state index in [1.54, 1.807) is 67.5 Å². The highest BCUT2D eigenvalue weighted by Gasteiger charge is 2.52. The van der Waals surface area contributed by atoms with Crippen LogP contribution in [0.5, 0.6) is 0 Å². The molecule has 4 heterocycles. The van der Waals surface area contributed by atoms with E-state index in [4.69, 9.17) is 0 Å². The normalized spacial score (nSPS) is 25.5. The number of nitrogens with one attached hydrogen (secondary N) is 2. The smallest absolute Gasteiger partial charge is 0.146 e. The summed E-state index contributed by atoms with van der Waals surface area (Å²) in [6, 6.07) is 12.3. The highest BCUT2D eigenvalue weighted by molar-refractivity contribution is 9.10. The minimum atomic E-state index is -3.37. The molecule has 0 bridgehead atoms. The minimum absolute atomic E-state index is 0.261. The van der Waals surface area contributed by atoms with E-state index in [-0.39, 0.29) is 24.5 Å². The van der Waals surface area contributed by atoms with Gasteiger partial charge in [-0.05, 0) is 135 Å². The van der Waals surface area contributed by atoms with E-state index in [0.29, 0.717) is 45.3 Å². The molecule has 408 valence electrons. The number of hydrogen-bond donors (Lipinski definition) is 2. The summed E-state index contributed by atoms with van der Waals surface area (Å²) in [5, 5.41) is 20.9. The average molecular weight is 1250 g/mol. The van der Waals surface area contributed by atoms with E-state index >= 15 is 17.6 Å². The summed E-state index contributed by atoms with van der Waals surface area (Å²) in [5.41, 5.74) is -4.54. The quantitative estimate of drug-likeness (QED) is 0.0743. The zero-order valence-electron chi connectivity index (χ0n) is 44.7. The molecule has 12 nitrogen and oxygen atoms in total. The fourth-order valence-corrected chi connectivity index (χ4v) is 25.3. The minimum Gasteiger partial charge on any atom is -0.249 e. The Hall–Kier alpha value is -1.49. The lowest BCUT2D eigenvalue weighted by atomic mass is 9.99. The molecule has 0 aromatic carbocycles. The van der Waals surface area contributed by atoms with Crippen LogP contribution in [0.15, 0.2) is 30.1 Å². The topological polar surface area (TPSA) is 190 Å². The predicted molar refractivity (Wildman–Crippen MR) is 302 cm³/mol.